The molecular weight excluding hydrogens is 248 g/mol. The van der Waals surface area contributed by atoms with Gasteiger partial charge in [-0.25, -0.2) is 8.42 Å². The second-order valence-corrected chi connectivity index (χ2v) is 7.52. The monoisotopic (exact) mass is 276 g/mol. The van der Waals surface area contributed by atoms with Crippen molar-refractivity contribution in [1.29, 1.82) is 0 Å². The van der Waals surface area contributed by atoms with E-state index in [1.165, 1.54) is 0 Å². The number of unbranched alkanes of at least 4 members (excludes halogenated alkanes) is 1. The smallest absolute Gasteiger partial charge is 0.214 e. The summed E-state index contributed by atoms with van der Waals surface area (Å²) in [6.07, 6.45) is 3.84. The quantitative estimate of drug-likeness (QED) is 0.722. The van der Waals surface area contributed by atoms with Gasteiger partial charge in [-0.05, 0) is 51.6 Å². The molecule has 5 heteroatoms. The second-order valence-electron chi connectivity index (χ2n) is 5.48. The number of sulfonamides is 1. The Balaban J connectivity index is 2.41. The highest BCUT2D eigenvalue weighted by Crippen LogP contribution is 2.24. The van der Waals surface area contributed by atoms with E-state index in [0.717, 1.165) is 38.8 Å². The molecule has 0 radical (unpaired) electrons. The summed E-state index contributed by atoms with van der Waals surface area (Å²) >= 11 is 0. The molecule has 2 unspecified atom stereocenters. The number of hydrogen-bond acceptors (Lipinski definition) is 3. The molecule has 1 aliphatic heterocycles. The summed E-state index contributed by atoms with van der Waals surface area (Å²) in [5.41, 5.74) is 0. The predicted octanol–water partition coefficient (Wildman–Crippen LogP) is 1.83. The van der Waals surface area contributed by atoms with Crippen LogP contribution in [-0.4, -0.2) is 44.2 Å². The van der Waals surface area contributed by atoms with E-state index in [1.807, 2.05) is 6.92 Å². The number of piperidine rings is 1. The molecule has 0 aliphatic carbocycles. The fourth-order valence-electron chi connectivity index (χ4n) is 2.46. The van der Waals surface area contributed by atoms with Gasteiger partial charge in [-0.15, -0.1) is 0 Å². The van der Waals surface area contributed by atoms with Crippen molar-refractivity contribution < 1.29 is 8.42 Å². The maximum Gasteiger partial charge on any atom is 0.214 e. The SMILES string of the molecule is CCNCCCCS(=O)(=O)N1CC(C)CCC1C. The minimum Gasteiger partial charge on any atom is -0.317 e. The van der Waals surface area contributed by atoms with Crippen LogP contribution >= 0.6 is 0 Å². The van der Waals surface area contributed by atoms with Gasteiger partial charge in [0.05, 0.1) is 5.75 Å². The minimum absolute atomic E-state index is 0.181. The Kier molecular flexibility index (Phi) is 6.60. The van der Waals surface area contributed by atoms with Crippen LogP contribution in [0.5, 0.6) is 0 Å². The van der Waals surface area contributed by atoms with Crippen molar-refractivity contribution in [2.24, 2.45) is 5.92 Å². The summed E-state index contributed by atoms with van der Waals surface area (Å²) < 4.78 is 26.3. The van der Waals surface area contributed by atoms with Crippen LogP contribution in [0.3, 0.4) is 0 Å². The molecule has 4 nitrogen and oxygen atoms in total. The molecule has 0 aromatic heterocycles. The predicted molar refractivity (Wildman–Crippen MR) is 76.1 cm³/mol. The molecule has 1 rings (SSSR count). The number of nitrogens with zero attached hydrogens (tertiary/aromatic N) is 1. The molecule has 1 N–H and O–H groups in total. The zero-order chi connectivity index (χ0) is 13.6. The molecule has 2 atom stereocenters. The molecule has 0 bridgehead atoms. The molecule has 0 aromatic carbocycles. The summed E-state index contributed by atoms with van der Waals surface area (Å²) in [7, 11) is -3.05. The van der Waals surface area contributed by atoms with Crippen molar-refractivity contribution in [3.05, 3.63) is 0 Å². The third kappa shape index (κ3) is 4.86. The molecular formula is C13H28N2O2S. The number of nitrogens with one attached hydrogen (secondary N) is 1. The highest BCUT2D eigenvalue weighted by atomic mass is 32.2. The Morgan fingerprint density at radius 1 is 1.22 bits per heavy atom. The molecule has 0 amide bonds. The van der Waals surface area contributed by atoms with E-state index < -0.39 is 10.0 Å². The second kappa shape index (κ2) is 7.46. The first-order valence-electron chi connectivity index (χ1n) is 7.17. The van der Waals surface area contributed by atoms with E-state index in [-0.39, 0.29) is 6.04 Å². The Morgan fingerprint density at radius 3 is 2.61 bits per heavy atom. The Labute approximate surface area is 112 Å². The van der Waals surface area contributed by atoms with Crippen molar-refractivity contribution in [3.8, 4) is 0 Å². The average molecular weight is 276 g/mol. The van der Waals surface area contributed by atoms with Gasteiger partial charge < -0.3 is 5.32 Å². The zero-order valence-electron chi connectivity index (χ0n) is 12.0. The molecule has 18 heavy (non-hydrogen) atoms. The van der Waals surface area contributed by atoms with Crippen molar-refractivity contribution in [1.82, 2.24) is 9.62 Å². The van der Waals surface area contributed by atoms with Crippen LogP contribution in [0, 0.1) is 5.92 Å². The highest BCUT2D eigenvalue weighted by Gasteiger charge is 2.31. The lowest BCUT2D eigenvalue weighted by atomic mass is 9.97. The lowest BCUT2D eigenvalue weighted by Crippen LogP contribution is -2.45. The highest BCUT2D eigenvalue weighted by molar-refractivity contribution is 7.89. The van der Waals surface area contributed by atoms with Crippen LogP contribution in [0.4, 0.5) is 0 Å². The first kappa shape index (κ1) is 15.9. The van der Waals surface area contributed by atoms with Gasteiger partial charge in [0.1, 0.15) is 0 Å². The van der Waals surface area contributed by atoms with Crippen molar-refractivity contribution in [2.75, 3.05) is 25.4 Å². The van der Waals surface area contributed by atoms with Gasteiger partial charge in [0, 0.05) is 12.6 Å². The zero-order valence-corrected chi connectivity index (χ0v) is 12.8. The summed E-state index contributed by atoms with van der Waals surface area (Å²) in [6, 6.07) is 0.181. The van der Waals surface area contributed by atoms with E-state index in [1.54, 1.807) is 4.31 Å². The van der Waals surface area contributed by atoms with E-state index in [4.69, 9.17) is 0 Å². The van der Waals surface area contributed by atoms with Gasteiger partial charge >= 0.3 is 0 Å². The molecule has 108 valence electrons. The van der Waals surface area contributed by atoms with Gasteiger partial charge in [-0.2, -0.15) is 4.31 Å². The van der Waals surface area contributed by atoms with Crippen LogP contribution < -0.4 is 5.32 Å². The number of rotatable bonds is 7. The molecule has 1 fully saturated rings. The van der Waals surface area contributed by atoms with Gasteiger partial charge in [-0.3, -0.25) is 0 Å². The van der Waals surface area contributed by atoms with Gasteiger partial charge in [0.15, 0.2) is 0 Å². The maximum atomic E-state index is 12.3. The normalized spacial score (nSPS) is 26.4. The first-order chi connectivity index (χ1) is 8.47. The Hall–Kier alpha value is -0.130. The Morgan fingerprint density at radius 2 is 1.94 bits per heavy atom. The van der Waals surface area contributed by atoms with Gasteiger partial charge in [0.25, 0.3) is 0 Å². The molecule has 0 saturated carbocycles. The van der Waals surface area contributed by atoms with E-state index >= 15 is 0 Å². The lowest BCUT2D eigenvalue weighted by Gasteiger charge is -2.35. The molecule has 1 saturated heterocycles. The van der Waals surface area contributed by atoms with Crippen molar-refractivity contribution in [3.63, 3.8) is 0 Å². The van der Waals surface area contributed by atoms with Crippen LogP contribution in [0.1, 0.15) is 46.5 Å². The Bertz CT molecular complexity index is 330. The third-order valence-electron chi connectivity index (χ3n) is 3.67. The first-order valence-corrected chi connectivity index (χ1v) is 8.78. The van der Waals surface area contributed by atoms with E-state index in [9.17, 15) is 8.42 Å². The van der Waals surface area contributed by atoms with Crippen LogP contribution in [0.25, 0.3) is 0 Å². The van der Waals surface area contributed by atoms with E-state index in [2.05, 4.69) is 19.2 Å². The summed E-state index contributed by atoms with van der Waals surface area (Å²) in [5, 5.41) is 3.22. The lowest BCUT2D eigenvalue weighted by molar-refractivity contribution is 0.218. The summed E-state index contributed by atoms with van der Waals surface area (Å²) in [5.74, 6) is 0.799. The fraction of sp³-hybridized carbons (Fsp3) is 1.00. The largest absolute Gasteiger partial charge is 0.317 e. The molecule has 1 heterocycles. The topological polar surface area (TPSA) is 49.4 Å². The molecule has 0 spiro atoms. The van der Waals surface area contributed by atoms with Gasteiger partial charge in [-0.1, -0.05) is 13.8 Å². The number of hydrogen-bond donors (Lipinski definition) is 1. The van der Waals surface area contributed by atoms with E-state index in [0.29, 0.717) is 18.2 Å². The van der Waals surface area contributed by atoms with Crippen molar-refractivity contribution >= 4 is 10.0 Å². The standard InChI is InChI=1S/C13H28N2O2S/c1-4-14-9-5-6-10-18(16,17)15-11-12(2)7-8-13(15)3/h12-14H,4-11H2,1-3H3. The van der Waals surface area contributed by atoms with Gasteiger partial charge in [0.2, 0.25) is 10.0 Å². The van der Waals surface area contributed by atoms with Crippen LogP contribution in [-0.2, 0) is 10.0 Å². The fourth-order valence-corrected chi connectivity index (χ4v) is 4.40. The minimum atomic E-state index is -3.05. The average Bonchev–Trinajstić information content (AvgIpc) is 2.32. The summed E-state index contributed by atoms with van der Waals surface area (Å²) in [6.45, 7) is 8.80. The summed E-state index contributed by atoms with van der Waals surface area (Å²) in [4.78, 5) is 0. The third-order valence-corrected chi connectivity index (χ3v) is 5.70. The maximum absolute atomic E-state index is 12.3. The van der Waals surface area contributed by atoms with Crippen LogP contribution in [0.2, 0.25) is 0 Å². The molecule has 0 aromatic rings. The van der Waals surface area contributed by atoms with Crippen molar-refractivity contribution in [2.45, 2.75) is 52.5 Å². The van der Waals surface area contributed by atoms with Crippen LogP contribution in [0.15, 0.2) is 0 Å². The molecule has 1 aliphatic rings.